The van der Waals surface area contributed by atoms with Gasteiger partial charge in [-0.25, -0.2) is 8.42 Å². The van der Waals surface area contributed by atoms with Crippen molar-refractivity contribution in [2.45, 2.75) is 75.8 Å². The van der Waals surface area contributed by atoms with E-state index < -0.39 is 9.84 Å². The Morgan fingerprint density at radius 1 is 0.947 bits per heavy atom. The van der Waals surface area contributed by atoms with Crippen LogP contribution in [0.4, 0.5) is 0 Å². The van der Waals surface area contributed by atoms with Crippen LogP contribution in [0.15, 0.2) is 0 Å². The molecular formula is C15H29NO2S. The maximum atomic E-state index is 12.9. The molecule has 0 amide bonds. The molecule has 3 nitrogen and oxygen atoms in total. The van der Waals surface area contributed by atoms with E-state index in [4.69, 9.17) is 5.73 Å². The minimum absolute atomic E-state index is 0.136. The van der Waals surface area contributed by atoms with Gasteiger partial charge >= 0.3 is 0 Å². The largest absolute Gasteiger partial charge is 0.327 e. The quantitative estimate of drug-likeness (QED) is 0.849. The lowest BCUT2D eigenvalue weighted by Gasteiger charge is -2.40. The Morgan fingerprint density at radius 3 is 2.21 bits per heavy atom. The molecule has 2 rings (SSSR count). The van der Waals surface area contributed by atoms with Crippen LogP contribution in [0.25, 0.3) is 0 Å². The first-order chi connectivity index (χ1) is 8.82. The molecule has 0 spiro atoms. The minimum Gasteiger partial charge on any atom is -0.327 e. The summed E-state index contributed by atoms with van der Waals surface area (Å²) in [6.07, 6.45) is 5.77. The molecule has 6 unspecified atom stereocenters. The molecule has 0 radical (unpaired) electrons. The van der Waals surface area contributed by atoms with Gasteiger partial charge in [-0.05, 0) is 43.4 Å². The zero-order chi connectivity index (χ0) is 14.2. The van der Waals surface area contributed by atoms with Crippen LogP contribution >= 0.6 is 0 Å². The molecule has 19 heavy (non-hydrogen) atoms. The molecule has 2 aliphatic carbocycles. The lowest BCUT2D eigenvalue weighted by Crippen LogP contribution is -2.52. The molecule has 2 N–H and O–H groups in total. The second-order valence-electron chi connectivity index (χ2n) is 7.17. The zero-order valence-electron chi connectivity index (χ0n) is 12.5. The number of sulfone groups is 1. The van der Waals surface area contributed by atoms with Gasteiger partial charge in [-0.1, -0.05) is 33.6 Å². The third-order valence-corrected chi connectivity index (χ3v) is 8.09. The highest BCUT2D eigenvalue weighted by Crippen LogP contribution is 2.38. The highest BCUT2D eigenvalue weighted by molar-refractivity contribution is 7.92. The van der Waals surface area contributed by atoms with Crippen LogP contribution in [0.3, 0.4) is 0 Å². The standard InChI is InChI=1S/C15H29NO2S/c1-10-5-4-6-13(8-10)19(17,18)15-12(3)7-11(2)9-14(15)16/h10-15H,4-9,16H2,1-3H3. The van der Waals surface area contributed by atoms with Crippen molar-refractivity contribution in [2.75, 3.05) is 0 Å². The summed E-state index contributed by atoms with van der Waals surface area (Å²) in [5, 5.41) is -0.442. The minimum atomic E-state index is -3.06. The molecule has 0 aromatic carbocycles. The van der Waals surface area contributed by atoms with Gasteiger partial charge in [0, 0.05) is 6.04 Å². The van der Waals surface area contributed by atoms with Crippen molar-refractivity contribution in [3.8, 4) is 0 Å². The first kappa shape index (κ1) is 15.3. The van der Waals surface area contributed by atoms with Crippen LogP contribution in [0.1, 0.15) is 59.3 Å². The van der Waals surface area contributed by atoms with Gasteiger partial charge in [0.1, 0.15) is 0 Å². The van der Waals surface area contributed by atoms with E-state index in [2.05, 4.69) is 20.8 Å². The second kappa shape index (κ2) is 5.72. The van der Waals surface area contributed by atoms with Crippen LogP contribution in [0.2, 0.25) is 0 Å². The Bertz CT molecular complexity index is 394. The molecule has 0 bridgehead atoms. The summed E-state index contributed by atoms with van der Waals surface area (Å²) in [7, 11) is -3.06. The van der Waals surface area contributed by atoms with Crippen LogP contribution < -0.4 is 5.73 Å². The molecular weight excluding hydrogens is 258 g/mol. The molecule has 0 aromatic heterocycles. The molecule has 2 aliphatic rings. The highest BCUT2D eigenvalue weighted by Gasteiger charge is 2.44. The maximum Gasteiger partial charge on any atom is 0.157 e. The third kappa shape index (κ3) is 3.15. The van der Waals surface area contributed by atoms with Crippen molar-refractivity contribution in [1.29, 1.82) is 0 Å². The highest BCUT2D eigenvalue weighted by atomic mass is 32.2. The topological polar surface area (TPSA) is 60.2 Å². The van der Waals surface area contributed by atoms with E-state index in [1.54, 1.807) is 0 Å². The summed E-state index contributed by atoms with van der Waals surface area (Å²) >= 11 is 0. The van der Waals surface area contributed by atoms with Gasteiger partial charge in [-0.15, -0.1) is 0 Å². The number of nitrogens with two attached hydrogens (primary N) is 1. The molecule has 112 valence electrons. The third-order valence-electron chi connectivity index (χ3n) is 5.16. The summed E-state index contributed by atoms with van der Waals surface area (Å²) < 4.78 is 25.9. The second-order valence-corrected chi connectivity index (χ2v) is 9.55. The summed E-state index contributed by atoms with van der Waals surface area (Å²) in [6, 6.07) is -0.166. The fourth-order valence-corrected chi connectivity index (χ4v) is 7.25. The first-order valence-corrected chi connectivity index (χ1v) is 9.41. The van der Waals surface area contributed by atoms with Crippen LogP contribution in [-0.2, 0) is 9.84 Å². The van der Waals surface area contributed by atoms with Crippen molar-refractivity contribution in [3.05, 3.63) is 0 Å². The van der Waals surface area contributed by atoms with Crippen molar-refractivity contribution in [1.82, 2.24) is 0 Å². The monoisotopic (exact) mass is 287 g/mol. The molecule has 0 saturated heterocycles. The van der Waals surface area contributed by atoms with Crippen molar-refractivity contribution < 1.29 is 8.42 Å². The maximum absolute atomic E-state index is 12.9. The van der Waals surface area contributed by atoms with Gasteiger partial charge in [0.05, 0.1) is 10.5 Å². The Morgan fingerprint density at radius 2 is 1.63 bits per heavy atom. The molecule has 0 heterocycles. The molecule has 0 aliphatic heterocycles. The Labute approximate surface area is 118 Å². The Kier molecular flexibility index (Phi) is 4.61. The fraction of sp³-hybridized carbons (Fsp3) is 1.00. The average molecular weight is 287 g/mol. The summed E-state index contributed by atoms with van der Waals surface area (Å²) in [5.41, 5.74) is 6.21. The van der Waals surface area contributed by atoms with E-state index in [0.29, 0.717) is 11.8 Å². The Hall–Kier alpha value is -0.0900. The van der Waals surface area contributed by atoms with Gasteiger partial charge in [0.2, 0.25) is 0 Å². The zero-order valence-corrected chi connectivity index (χ0v) is 13.3. The normalized spacial score (nSPS) is 45.1. The molecule has 2 saturated carbocycles. The first-order valence-electron chi connectivity index (χ1n) is 7.80. The van der Waals surface area contributed by atoms with Crippen molar-refractivity contribution in [3.63, 3.8) is 0 Å². The van der Waals surface area contributed by atoms with E-state index in [1.807, 2.05) is 0 Å². The summed E-state index contributed by atoms with van der Waals surface area (Å²) in [6.45, 7) is 6.43. The van der Waals surface area contributed by atoms with E-state index >= 15 is 0 Å². The lowest BCUT2D eigenvalue weighted by molar-refractivity contribution is 0.267. The van der Waals surface area contributed by atoms with Crippen molar-refractivity contribution in [2.24, 2.45) is 23.5 Å². The van der Waals surface area contributed by atoms with Gasteiger partial charge in [-0.2, -0.15) is 0 Å². The number of hydrogen-bond acceptors (Lipinski definition) is 3. The Balaban J connectivity index is 2.18. The smallest absolute Gasteiger partial charge is 0.157 e. The van der Waals surface area contributed by atoms with E-state index in [0.717, 1.165) is 32.1 Å². The molecule has 6 atom stereocenters. The van der Waals surface area contributed by atoms with Crippen LogP contribution in [0, 0.1) is 17.8 Å². The van der Waals surface area contributed by atoms with Gasteiger partial charge in [0.25, 0.3) is 0 Å². The summed E-state index contributed by atoms with van der Waals surface area (Å²) in [5.74, 6) is 1.31. The van der Waals surface area contributed by atoms with E-state index in [9.17, 15) is 8.42 Å². The lowest BCUT2D eigenvalue weighted by atomic mass is 9.80. The summed E-state index contributed by atoms with van der Waals surface area (Å²) in [4.78, 5) is 0. The van der Waals surface area contributed by atoms with Crippen LogP contribution in [0.5, 0.6) is 0 Å². The number of rotatable bonds is 2. The number of hydrogen-bond donors (Lipinski definition) is 1. The van der Waals surface area contributed by atoms with Gasteiger partial charge < -0.3 is 5.73 Å². The molecule has 4 heteroatoms. The SMILES string of the molecule is CC1CC(C)C(S(=O)(=O)C2CCCC(C)C2)C(N)C1. The van der Waals surface area contributed by atoms with Crippen LogP contribution in [-0.4, -0.2) is 25.0 Å². The fourth-order valence-electron chi connectivity index (χ4n) is 4.35. The molecule has 2 fully saturated rings. The van der Waals surface area contributed by atoms with E-state index in [-0.39, 0.29) is 22.5 Å². The van der Waals surface area contributed by atoms with E-state index in [1.165, 1.54) is 6.42 Å². The van der Waals surface area contributed by atoms with Gasteiger partial charge in [-0.3, -0.25) is 0 Å². The average Bonchev–Trinajstić information content (AvgIpc) is 2.26. The predicted octanol–water partition coefficient (Wildman–Crippen LogP) is 2.74. The predicted molar refractivity (Wildman–Crippen MR) is 79.7 cm³/mol. The molecule has 0 aromatic rings. The van der Waals surface area contributed by atoms with Crippen molar-refractivity contribution >= 4 is 9.84 Å². The van der Waals surface area contributed by atoms with Gasteiger partial charge in [0.15, 0.2) is 9.84 Å².